The van der Waals surface area contributed by atoms with Crippen molar-refractivity contribution in [2.45, 2.75) is 90.4 Å². The molecule has 0 spiro atoms. The van der Waals surface area contributed by atoms with Crippen LogP contribution in [0.3, 0.4) is 0 Å². The van der Waals surface area contributed by atoms with Gasteiger partial charge in [-0.3, -0.25) is 0 Å². The molecule has 1 fully saturated rings. The van der Waals surface area contributed by atoms with Crippen LogP contribution in [-0.4, -0.2) is 24.5 Å². The molecule has 3 aliphatic rings. The largest absolute Gasteiger partial charge is 0.303 e. The predicted octanol–water partition coefficient (Wildman–Crippen LogP) is 12.8. The van der Waals surface area contributed by atoms with Gasteiger partial charge in [0.2, 0.25) is 0 Å². The molecule has 0 bridgehead atoms. The van der Waals surface area contributed by atoms with Crippen LogP contribution in [-0.2, 0) is 0 Å². The molecule has 1 heterocycles. The van der Waals surface area contributed by atoms with Gasteiger partial charge in [-0.15, -0.1) is 0 Å². The van der Waals surface area contributed by atoms with E-state index in [2.05, 4.69) is 109 Å². The Morgan fingerprint density at radius 2 is 0.818 bits per heavy atom. The molecule has 2 aliphatic carbocycles. The smallest absolute Gasteiger partial charge is 0.00187 e. The van der Waals surface area contributed by atoms with Crippen LogP contribution in [0.15, 0.2) is 97.1 Å². The van der Waals surface area contributed by atoms with Crippen LogP contribution in [0.1, 0.15) is 90.4 Å². The lowest BCUT2D eigenvalue weighted by Gasteiger charge is -2.26. The maximum absolute atomic E-state index is 2.67. The zero-order valence-corrected chi connectivity index (χ0v) is 27.0. The molecule has 44 heavy (non-hydrogen) atoms. The van der Waals surface area contributed by atoms with Crippen LogP contribution in [0.25, 0.3) is 54.2 Å². The fourth-order valence-electron chi connectivity index (χ4n) is 7.25. The van der Waals surface area contributed by atoms with Crippen LogP contribution in [0.2, 0.25) is 0 Å². The van der Waals surface area contributed by atoms with E-state index in [4.69, 9.17) is 0 Å². The second-order valence-electron chi connectivity index (χ2n) is 13.1. The van der Waals surface area contributed by atoms with Gasteiger partial charge in [0.05, 0.1) is 0 Å². The van der Waals surface area contributed by atoms with Gasteiger partial charge in [-0.05, 0) is 93.1 Å². The van der Waals surface area contributed by atoms with Gasteiger partial charge < -0.3 is 4.90 Å². The number of hydrogen-bond acceptors (Lipinski definition) is 1. The van der Waals surface area contributed by atoms with Crippen LogP contribution < -0.4 is 0 Å². The highest BCUT2D eigenvalue weighted by Gasteiger charge is 2.12. The summed E-state index contributed by atoms with van der Waals surface area (Å²) in [5.41, 5.74) is 2.85. The van der Waals surface area contributed by atoms with Crippen molar-refractivity contribution in [2.75, 3.05) is 19.6 Å². The van der Waals surface area contributed by atoms with E-state index in [0.29, 0.717) is 0 Å². The van der Waals surface area contributed by atoms with E-state index in [9.17, 15) is 0 Å². The number of nitrogens with zero attached hydrogens (tertiary/aromatic N) is 1. The Balaban J connectivity index is 0.000000131. The molecule has 8 rings (SSSR count). The van der Waals surface area contributed by atoms with Gasteiger partial charge in [-0.25, -0.2) is 0 Å². The average molecular weight is 582 g/mol. The number of benzene rings is 6. The van der Waals surface area contributed by atoms with Gasteiger partial charge in [-0.2, -0.15) is 0 Å². The average Bonchev–Trinajstić information content (AvgIpc) is 3.07. The maximum Gasteiger partial charge on any atom is -0.00187 e. The standard InChI is InChI=1S/C20H12.C17H35N.C6H4/c1-5-13-6-2-11-17-18-12-4-8-14-7-3-10-16(20(14)18)15(9-1)19(13)17;1-2-3-4-5-6-7-8-9-10-12-15-18-16-13-11-14-17-18;1-2-6-4-3-5(1)6/h1-12H;2-17H2,1H3;1-4H. The number of rotatable bonds is 11. The molecule has 0 aromatic heterocycles. The molecule has 1 saturated heterocycles. The van der Waals surface area contributed by atoms with E-state index < -0.39 is 0 Å². The number of piperidine rings is 1. The van der Waals surface area contributed by atoms with Crippen molar-refractivity contribution < 1.29 is 0 Å². The van der Waals surface area contributed by atoms with Crippen molar-refractivity contribution in [2.24, 2.45) is 0 Å². The molecular formula is C43H51N. The molecule has 0 saturated carbocycles. The van der Waals surface area contributed by atoms with Crippen LogP contribution in [0.5, 0.6) is 0 Å². The van der Waals surface area contributed by atoms with E-state index in [1.165, 1.54) is 157 Å². The van der Waals surface area contributed by atoms with E-state index in [1.807, 2.05) is 0 Å². The van der Waals surface area contributed by atoms with Gasteiger partial charge in [0.1, 0.15) is 0 Å². The summed E-state index contributed by atoms with van der Waals surface area (Å²) in [7, 11) is 0. The minimum absolute atomic E-state index is 1.33. The van der Waals surface area contributed by atoms with E-state index >= 15 is 0 Å². The molecule has 0 N–H and O–H groups in total. The van der Waals surface area contributed by atoms with E-state index in [0.717, 1.165) is 0 Å². The van der Waals surface area contributed by atoms with Crippen molar-refractivity contribution in [1.29, 1.82) is 0 Å². The maximum atomic E-state index is 2.67. The molecule has 0 atom stereocenters. The summed E-state index contributed by atoms with van der Waals surface area (Å²) in [6, 6.07) is 34.9. The molecule has 228 valence electrons. The second-order valence-corrected chi connectivity index (χ2v) is 13.1. The minimum atomic E-state index is 1.33. The van der Waals surface area contributed by atoms with Crippen molar-refractivity contribution >= 4 is 43.1 Å². The Kier molecular flexibility index (Phi) is 10.8. The van der Waals surface area contributed by atoms with Crippen molar-refractivity contribution in [3.05, 3.63) is 97.1 Å². The first-order valence-corrected chi connectivity index (χ1v) is 17.7. The fourth-order valence-corrected chi connectivity index (χ4v) is 7.25. The molecule has 0 amide bonds. The topological polar surface area (TPSA) is 3.24 Å². The number of unbranched alkanes of at least 4 members (excludes halogenated alkanes) is 9. The Morgan fingerprint density at radius 1 is 0.432 bits per heavy atom. The third-order valence-corrected chi connectivity index (χ3v) is 9.88. The summed E-state index contributed by atoms with van der Waals surface area (Å²) in [6.45, 7) is 6.41. The molecule has 0 radical (unpaired) electrons. The van der Waals surface area contributed by atoms with Crippen molar-refractivity contribution in [3.63, 3.8) is 0 Å². The highest BCUT2D eigenvalue weighted by atomic mass is 15.1. The predicted molar refractivity (Wildman–Crippen MR) is 195 cm³/mol. The van der Waals surface area contributed by atoms with Gasteiger partial charge >= 0.3 is 0 Å². The lowest BCUT2D eigenvalue weighted by atomic mass is 9.90. The van der Waals surface area contributed by atoms with Crippen molar-refractivity contribution in [3.8, 4) is 11.1 Å². The van der Waals surface area contributed by atoms with Gasteiger partial charge in [0.15, 0.2) is 0 Å². The summed E-state index contributed by atoms with van der Waals surface area (Å²) >= 11 is 0. The summed E-state index contributed by atoms with van der Waals surface area (Å²) < 4.78 is 0. The summed E-state index contributed by atoms with van der Waals surface area (Å²) in [5.74, 6) is 0. The van der Waals surface area contributed by atoms with Gasteiger partial charge in [0.25, 0.3) is 0 Å². The number of hydrogen-bond donors (Lipinski definition) is 0. The van der Waals surface area contributed by atoms with E-state index in [-0.39, 0.29) is 0 Å². The summed E-state index contributed by atoms with van der Waals surface area (Å²) in [5, 5.41) is 10.9. The molecule has 1 aliphatic heterocycles. The third kappa shape index (κ3) is 7.27. The highest BCUT2D eigenvalue weighted by Crippen LogP contribution is 2.39. The molecular weight excluding hydrogens is 530 g/mol. The zero-order chi connectivity index (χ0) is 30.0. The molecule has 5 aromatic rings. The van der Waals surface area contributed by atoms with E-state index in [1.54, 1.807) is 0 Å². The zero-order valence-electron chi connectivity index (χ0n) is 27.0. The van der Waals surface area contributed by atoms with Gasteiger partial charge in [0, 0.05) is 0 Å². The number of fused-ring (bicyclic) bond motifs is 3. The quantitative estimate of drug-likeness (QED) is 0.0834. The molecule has 1 heteroatoms. The fraction of sp³-hybridized carbons (Fsp3) is 0.395. The minimum Gasteiger partial charge on any atom is -0.303 e. The SMILES string of the molecule is CCCCCCCCCCCCN1CCCCC1.c1cc2ccc1-2.c1cc2cccc3c4cccc5cccc(c(c1)c23)c54. The number of likely N-dealkylation sites (tertiary alicyclic amines) is 1. The molecule has 5 aromatic carbocycles. The summed E-state index contributed by atoms with van der Waals surface area (Å²) in [4.78, 5) is 2.67. The molecule has 1 nitrogen and oxygen atoms in total. The first-order valence-electron chi connectivity index (χ1n) is 17.7. The second kappa shape index (κ2) is 15.5. The monoisotopic (exact) mass is 581 g/mol. The first kappa shape index (κ1) is 30.6. The first-order chi connectivity index (χ1) is 21.8. The normalized spacial score (nSPS) is 14.0. The van der Waals surface area contributed by atoms with Gasteiger partial charge in [-0.1, -0.05) is 168 Å². The lowest BCUT2D eigenvalue weighted by molar-refractivity contribution is 0.224. The Bertz CT molecular complexity index is 1530. The van der Waals surface area contributed by atoms with Crippen molar-refractivity contribution in [1.82, 2.24) is 4.90 Å². The highest BCUT2D eigenvalue weighted by molar-refractivity contribution is 6.32. The third-order valence-electron chi connectivity index (χ3n) is 9.88. The van der Waals surface area contributed by atoms with Crippen LogP contribution in [0.4, 0.5) is 0 Å². The van der Waals surface area contributed by atoms with Crippen LogP contribution in [0, 0.1) is 0 Å². The Morgan fingerprint density at radius 3 is 1.18 bits per heavy atom. The van der Waals surface area contributed by atoms with Crippen LogP contribution >= 0.6 is 0 Å². The summed E-state index contributed by atoms with van der Waals surface area (Å²) in [6.07, 6.45) is 18.9. The molecule has 0 unspecified atom stereocenters. The Labute approximate surface area is 265 Å². The Hall–Kier alpha value is -3.42. The lowest BCUT2D eigenvalue weighted by Crippen LogP contribution is -2.30.